The lowest BCUT2D eigenvalue weighted by Crippen LogP contribution is -2.36. The number of nitrogens with one attached hydrogen (secondary N) is 1. The van der Waals surface area contributed by atoms with Gasteiger partial charge in [0.2, 0.25) is 5.76 Å². The van der Waals surface area contributed by atoms with Gasteiger partial charge in [0.15, 0.2) is 11.7 Å². The number of hydrogen-bond acceptors (Lipinski definition) is 6. The average Bonchev–Trinajstić information content (AvgIpc) is 2.98. The van der Waals surface area contributed by atoms with E-state index in [4.69, 9.17) is 9.15 Å². The van der Waals surface area contributed by atoms with Crippen molar-refractivity contribution in [3.05, 3.63) is 29.0 Å². The molecule has 1 saturated carbocycles. The summed E-state index contributed by atoms with van der Waals surface area (Å²) < 4.78 is 11.6. The van der Waals surface area contributed by atoms with Crippen molar-refractivity contribution in [2.45, 2.75) is 51.0 Å². The molecular formula is C17H23N5O3. The lowest BCUT2D eigenvalue weighted by molar-refractivity contribution is 0.0527. The summed E-state index contributed by atoms with van der Waals surface area (Å²) in [6.45, 7) is 4.82. The Morgan fingerprint density at radius 3 is 2.76 bits per heavy atom. The molecule has 134 valence electrons. The van der Waals surface area contributed by atoms with Gasteiger partial charge in [-0.1, -0.05) is 0 Å². The first-order chi connectivity index (χ1) is 12.0. The van der Waals surface area contributed by atoms with E-state index in [-0.39, 0.29) is 17.9 Å². The number of aromatic amines is 1. The minimum Gasteiger partial charge on any atom is -0.435 e. The molecule has 1 amide bonds. The molecule has 1 aliphatic heterocycles. The largest absolute Gasteiger partial charge is 0.435 e. The number of likely N-dealkylation sites (N-methyl/N-ethyl adjacent to an activating group) is 1. The van der Waals surface area contributed by atoms with Gasteiger partial charge in [0.05, 0.1) is 17.7 Å². The Morgan fingerprint density at radius 2 is 2.08 bits per heavy atom. The number of oxazole rings is 1. The fourth-order valence-corrected chi connectivity index (χ4v) is 3.30. The van der Waals surface area contributed by atoms with E-state index in [0.29, 0.717) is 36.4 Å². The molecule has 0 unspecified atom stereocenters. The highest BCUT2D eigenvalue weighted by Crippen LogP contribution is 2.40. The molecule has 3 heterocycles. The van der Waals surface area contributed by atoms with Crippen LogP contribution in [0.15, 0.2) is 4.42 Å². The molecule has 0 radical (unpaired) electrons. The molecule has 0 bridgehead atoms. The predicted molar refractivity (Wildman–Crippen MR) is 88.4 cm³/mol. The zero-order valence-electron chi connectivity index (χ0n) is 14.8. The highest BCUT2D eigenvalue weighted by Gasteiger charge is 2.36. The van der Waals surface area contributed by atoms with Gasteiger partial charge in [0.25, 0.3) is 5.91 Å². The van der Waals surface area contributed by atoms with Crippen LogP contribution < -0.4 is 0 Å². The second kappa shape index (κ2) is 6.25. The molecule has 8 heteroatoms. The molecule has 2 aromatic rings. The lowest BCUT2D eigenvalue weighted by Gasteiger charge is -2.23. The smallest absolute Gasteiger partial charge is 0.291 e. The van der Waals surface area contributed by atoms with E-state index in [2.05, 4.69) is 20.2 Å². The van der Waals surface area contributed by atoms with E-state index in [1.807, 2.05) is 13.8 Å². The number of hydrogen-bond donors (Lipinski definition) is 1. The zero-order chi connectivity index (χ0) is 17.6. The number of H-pyrrole nitrogens is 1. The van der Waals surface area contributed by atoms with Gasteiger partial charge in [-0.15, -0.1) is 0 Å². The van der Waals surface area contributed by atoms with Crippen molar-refractivity contribution in [3.63, 3.8) is 0 Å². The lowest BCUT2D eigenvalue weighted by atomic mass is 10.0. The second-order valence-electron chi connectivity index (χ2n) is 7.01. The summed E-state index contributed by atoms with van der Waals surface area (Å²) in [6, 6.07) is 0. The third-order valence-corrected chi connectivity index (χ3v) is 4.89. The quantitative estimate of drug-likeness (QED) is 0.889. The maximum absolute atomic E-state index is 12.8. The van der Waals surface area contributed by atoms with E-state index in [9.17, 15) is 4.79 Å². The van der Waals surface area contributed by atoms with E-state index in [1.54, 1.807) is 11.9 Å². The summed E-state index contributed by atoms with van der Waals surface area (Å²) in [5.41, 5.74) is 0.659. The van der Waals surface area contributed by atoms with Crippen LogP contribution in [0.5, 0.6) is 0 Å². The molecule has 0 spiro atoms. The Morgan fingerprint density at radius 1 is 1.28 bits per heavy atom. The third-order valence-electron chi connectivity index (χ3n) is 4.89. The molecule has 1 aliphatic carbocycles. The van der Waals surface area contributed by atoms with Crippen molar-refractivity contribution < 1.29 is 13.9 Å². The predicted octanol–water partition coefficient (Wildman–Crippen LogP) is 1.93. The summed E-state index contributed by atoms with van der Waals surface area (Å²) in [4.78, 5) is 23.2. The van der Waals surface area contributed by atoms with Gasteiger partial charge in [-0.3, -0.25) is 9.89 Å². The van der Waals surface area contributed by atoms with Crippen molar-refractivity contribution in [2.75, 3.05) is 20.2 Å². The minimum atomic E-state index is -0.155. The first-order valence-electron chi connectivity index (χ1n) is 8.76. The number of carbonyl (C=O) groups excluding carboxylic acids is 1. The van der Waals surface area contributed by atoms with E-state index < -0.39 is 0 Å². The van der Waals surface area contributed by atoms with Crippen molar-refractivity contribution in [1.82, 2.24) is 25.1 Å². The van der Waals surface area contributed by atoms with Crippen LogP contribution in [0.25, 0.3) is 0 Å². The fourth-order valence-electron chi connectivity index (χ4n) is 3.30. The standard InChI is InChI=1S/C17H23N5O3/c1-9-14(25-16(18-9)11-4-5-11)17(23)22(3)8-13-12(6-7-24-13)15-19-10(2)20-21-15/h11-13H,4-8H2,1-3H3,(H,19,20,21)/t12-,13-/m1/s1. The first-order valence-corrected chi connectivity index (χ1v) is 8.76. The summed E-state index contributed by atoms with van der Waals surface area (Å²) in [6.07, 6.45) is 2.93. The topological polar surface area (TPSA) is 97.1 Å². The van der Waals surface area contributed by atoms with Gasteiger partial charge >= 0.3 is 0 Å². The summed E-state index contributed by atoms with van der Waals surface area (Å²) in [7, 11) is 1.77. The van der Waals surface area contributed by atoms with Crippen LogP contribution in [0, 0.1) is 13.8 Å². The van der Waals surface area contributed by atoms with Gasteiger partial charge in [-0.2, -0.15) is 5.10 Å². The number of amides is 1. The number of ether oxygens (including phenoxy) is 1. The molecule has 2 fully saturated rings. The van der Waals surface area contributed by atoms with E-state index in [0.717, 1.165) is 30.9 Å². The summed E-state index contributed by atoms with van der Waals surface area (Å²) >= 11 is 0. The Labute approximate surface area is 146 Å². The Kier molecular flexibility index (Phi) is 4.07. The molecule has 8 nitrogen and oxygen atoms in total. The molecule has 25 heavy (non-hydrogen) atoms. The van der Waals surface area contributed by atoms with Crippen LogP contribution in [-0.2, 0) is 4.74 Å². The van der Waals surface area contributed by atoms with Gasteiger partial charge in [-0.25, -0.2) is 9.97 Å². The van der Waals surface area contributed by atoms with Crippen molar-refractivity contribution >= 4 is 5.91 Å². The third kappa shape index (κ3) is 3.18. The van der Waals surface area contributed by atoms with Gasteiger partial charge in [0, 0.05) is 26.1 Å². The molecule has 1 N–H and O–H groups in total. The van der Waals surface area contributed by atoms with Gasteiger partial charge in [0.1, 0.15) is 5.82 Å². The van der Waals surface area contributed by atoms with Crippen LogP contribution in [0.4, 0.5) is 0 Å². The molecule has 2 atom stereocenters. The van der Waals surface area contributed by atoms with E-state index >= 15 is 0 Å². The molecular weight excluding hydrogens is 322 g/mol. The van der Waals surface area contributed by atoms with Gasteiger partial charge in [-0.05, 0) is 33.1 Å². The number of rotatable bonds is 5. The summed E-state index contributed by atoms with van der Waals surface area (Å²) in [5, 5.41) is 7.13. The van der Waals surface area contributed by atoms with Crippen molar-refractivity contribution in [2.24, 2.45) is 0 Å². The maximum Gasteiger partial charge on any atom is 0.291 e. The molecule has 2 aromatic heterocycles. The normalized spacial score (nSPS) is 23.2. The molecule has 2 aliphatic rings. The van der Waals surface area contributed by atoms with Crippen LogP contribution in [0.3, 0.4) is 0 Å². The fraction of sp³-hybridized carbons (Fsp3) is 0.647. The van der Waals surface area contributed by atoms with E-state index in [1.165, 1.54) is 0 Å². The average molecular weight is 345 g/mol. The highest BCUT2D eigenvalue weighted by molar-refractivity contribution is 5.92. The van der Waals surface area contributed by atoms with Gasteiger partial charge < -0.3 is 14.1 Å². The first kappa shape index (κ1) is 16.3. The molecule has 0 aromatic carbocycles. The van der Waals surface area contributed by atoms with Crippen molar-refractivity contribution in [1.29, 1.82) is 0 Å². The van der Waals surface area contributed by atoms with Crippen LogP contribution in [0.1, 0.15) is 64.9 Å². The van der Waals surface area contributed by atoms with Crippen molar-refractivity contribution in [3.8, 4) is 0 Å². The number of aryl methyl sites for hydroxylation is 2. The number of carbonyl (C=O) groups is 1. The Bertz CT molecular complexity index is 779. The maximum atomic E-state index is 12.8. The van der Waals surface area contributed by atoms with Crippen LogP contribution in [-0.4, -0.2) is 57.3 Å². The SMILES string of the molecule is Cc1nc([C@@H]2CCO[C@@H]2CN(C)C(=O)c2oc(C3CC3)nc2C)n[nH]1. The Balaban J connectivity index is 1.45. The highest BCUT2D eigenvalue weighted by atomic mass is 16.5. The minimum absolute atomic E-state index is 0.0954. The monoisotopic (exact) mass is 345 g/mol. The zero-order valence-corrected chi connectivity index (χ0v) is 14.8. The summed E-state index contributed by atoms with van der Waals surface area (Å²) in [5.74, 6) is 2.91. The molecule has 1 saturated heterocycles. The van der Waals surface area contributed by atoms with Crippen LogP contribution in [0.2, 0.25) is 0 Å². The Hall–Kier alpha value is -2.22. The number of nitrogens with zero attached hydrogens (tertiary/aromatic N) is 4. The second-order valence-corrected chi connectivity index (χ2v) is 7.01. The number of aromatic nitrogens is 4. The van der Waals surface area contributed by atoms with Crippen LogP contribution >= 0.6 is 0 Å². The molecule has 4 rings (SSSR count).